The van der Waals surface area contributed by atoms with Crippen LogP contribution in [0.4, 0.5) is 0 Å². The third-order valence-corrected chi connectivity index (χ3v) is 8.10. The predicted octanol–water partition coefficient (Wildman–Crippen LogP) is 11.1. The van der Waals surface area contributed by atoms with Gasteiger partial charge in [-0.25, -0.2) is 9.13 Å². The molecule has 0 aliphatic rings. The second-order valence-corrected chi connectivity index (χ2v) is 11.6. The van der Waals surface area contributed by atoms with Crippen molar-refractivity contribution in [3.05, 3.63) is 18.2 Å². The summed E-state index contributed by atoms with van der Waals surface area (Å²) >= 11 is 0. The summed E-state index contributed by atoms with van der Waals surface area (Å²) in [4.78, 5) is 0. The highest BCUT2D eigenvalue weighted by Gasteiger charge is 2.16. The van der Waals surface area contributed by atoms with Gasteiger partial charge in [0.1, 0.15) is 12.4 Å². The monoisotopic (exact) mass is 504 g/mol. The van der Waals surface area contributed by atoms with Crippen LogP contribution in [0, 0.1) is 0 Å². The second-order valence-electron chi connectivity index (χ2n) is 11.6. The standard InChI is InChI=1S/C34H67N2/c1-4-7-10-12-14-16-17-18-19-20-21-22-24-26-28-31-36-33-32-35(30-9-6-3)34(36)29-27-25-23-15-13-11-8-5-2/h32-33H,4-31H2,1-3H3/q+1. The van der Waals surface area contributed by atoms with E-state index in [1.165, 1.54) is 180 Å². The number of aromatic nitrogens is 2. The van der Waals surface area contributed by atoms with E-state index < -0.39 is 0 Å². The quantitative estimate of drug-likeness (QED) is 0.0794. The third kappa shape index (κ3) is 18.5. The van der Waals surface area contributed by atoms with E-state index in [1.54, 1.807) is 5.82 Å². The van der Waals surface area contributed by atoms with Gasteiger partial charge in [-0.1, -0.05) is 156 Å². The lowest BCUT2D eigenvalue weighted by atomic mass is 10.0. The Labute approximate surface area is 228 Å². The first-order valence-electron chi connectivity index (χ1n) is 16.9. The van der Waals surface area contributed by atoms with E-state index in [2.05, 4.69) is 42.3 Å². The van der Waals surface area contributed by atoms with Gasteiger partial charge in [-0.3, -0.25) is 0 Å². The molecule has 2 heteroatoms. The molecule has 0 bridgehead atoms. The summed E-state index contributed by atoms with van der Waals surface area (Å²) in [6.07, 6.45) is 41.6. The van der Waals surface area contributed by atoms with Gasteiger partial charge in [0, 0.05) is 6.42 Å². The Morgan fingerprint density at radius 1 is 0.472 bits per heavy atom. The summed E-state index contributed by atoms with van der Waals surface area (Å²) < 4.78 is 5.16. The van der Waals surface area contributed by atoms with Gasteiger partial charge in [-0.2, -0.15) is 0 Å². The molecule has 0 N–H and O–H groups in total. The first kappa shape index (κ1) is 33.2. The summed E-state index contributed by atoms with van der Waals surface area (Å²) in [7, 11) is 0. The molecular weight excluding hydrogens is 436 g/mol. The molecule has 0 aromatic carbocycles. The predicted molar refractivity (Wildman–Crippen MR) is 161 cm³/mol. The number of hydrogen-bond acceptors (Lipinski definition) is 0. The van der Waals surface area contributed by atoms with Crippen molar-refractivity contribution in [2.45, 2.75) is 201 Å². The average molecular weight is 504 g/mol. The normalized spacial score (nSPS) is 11.5. The van der Waals surface area contributed by atoms with Crippen LogP contribution < -0.4 is 4.57 Å². The molecule has 0 fully saturated rings. The number of nitrogens with zero attached hydrogens (tertiary/aromatic N) is 2. The number of hydrogen-bond donors (Lipinski definition) is 0. The molecule has 0 saturated carbocycles. The van der Waals surface area contributed by atoms with Gasteiger partial charge in [0.25, 0.3) is 5.82 Å². The summed E-state index contributed by atoms with van der Waals surface area (Å²) in [6.45, 7) is 9.35. The minimum Gasteiger partial charge on any atom is -0.234 e. The molecule has 1 heterocycles. The van der Waals surface area contributed by atoms with Gasteiger partial charge in [-0.05, 0) is 25.7 Å². The van der Waals surface area contributed by atoms with Crippen LogP contribution in [0.3, 0.4) is 0 Å². The number of aryl methyl sites for hydroxylation is 2. The Hall–Kier alpha value is -0.790. The van der Waals surface area contributed by atoms with E-state index in [-0.39, 0.29) is 0 Å². The Morgan fingerprint density at radius 2 is 0.861 bits per heavy atom. The number of imidazole rings is 1. The SMILES string of the molecule is CCCCCCCCCCCCCCCCC[n+]1ccn(CCCC)c1CCCCCCCCCC. The van der Waals surface area contributed by atoms with E-state index in [0.717, 1.165) is 0 Å². The van der Waals surface area contributed by atoms with E-state index in [9.17, 15) is 0 Å². The molecule has 0 aliphatic heterocycles. The summed E-state index contributed by atoms with van der Waals surface area (Å²) in [5, 5.41) is 0. The fourth-order valence-corrected chi connectivity index (χ4v) is 5.59. The zero-order valence-corrected chi connectivity index (χ0v) is 25.3. The average Bonchev–Trinajstić information content (AvgIpc) is 3.27. The van der Waals surface area contributed by atoms with Crippen LogP contribution in [0.25, 0.3) is 0 Å². The van der Waals surface area contributed by atoms with Crippen molar-refractivity contribution in [3.63, 3.8) is 0 Å². The lowest BCUT2D eigenvalue weighted by Gasteiger charge is -2.06. The Morgan fingerprint density at radius 3 is 1.31 bits per heavy atom. The van der Waals surface area contributed by atoms with Gasteiger partial charge in [0.05, 0.1) is 13.1 Å². The zero-order valence-electron chi connectivity index (χ0n) is 25.3. The highest BCUT2D eigenvalue weighted by molar-refractivity contribution is 4.84. The van der Waals surface area contributed by atoms with Gasteiger partial charge < -0.3 is 0 Å². The second kappa shape index (κ2) is 25.8. The first-order valence-corrected chi connectivity index (χ1v) is 16.9. The molecule has 1 aromatic rings. The van der Waals surface area contributed by atoms with Crippen molar-refractivity contribution in [2.75, 3.05) is 0 Å². The van der Waals surface area contributed by atoms with Gasteiger partial charge >= 0.3 is 0 Å². The van der Waals surface area contributed by atoms with Crippen molar-refractivity contribution in [1.82, 2.24) is 4.57 Å². The maximum absolute atomic E-state index is 2.60. The lowest BCUT2D eigenvalue weighted by Crippen LogP contribution is -2.37. The van der Waals surface area contributed by atoms with Crippen LogP contribution in [-0.2, 0) is 19.5 Å². The Bertz CT molecular complexity index is 562. The molecule has 0 spiro atoms. The molecule has 0 amide bonds. The molecular formula is C34H67N2+. The molecule has 1 aromatic heterocycles. The molecule has 0 atom stereocenters. The Kier molecular flexibility index (Phi) is 23.9. The van der Waals surface area contributed by atoms with Gasteiger partial charge in [0.2, 0.25) is 0 Å². The van der Waals surface area contributed by atoms with Gasteiger partial charge in [-0.15, -0.1) is 0 Å². The molecule has 2 nitrogen and oxygen atoms in total. The van der Waals surface area contributed by atoms with Gasteiger partial charge in [0.15, 0.2) is 0 Å². The van der Waals surface area contributed by atoms with Crippen LogP contribution >= 0.6 is 0 Å². The molecule has 0 unspecified atom stereocenters. The van der Waals surface area contributed by atoms with E-state index in [4.69, 9.17) is 0 Å². The molecule has 0 radical (unpaired) electrons. The third-order valence-electron chi connectivity index (χ3n) is 8.10. The van der Waals surface area contributed by atoms with E-state index >= 15 is 0 Å². The minimum absolute atomic E-state index is 1.20. The largest absolute Gasteiger partial charge is 0.256 e. The smallest absolute Gasteiger partial charge is 0.234 e. The summed E-state index contributed by atoms with van der Waals surface area (Å²) in [6, 6.07) is 0. The highest BCUT2D eigenvalue weighted by atomic mass is 15.1. The molecule has 0 aliphatic carbocycles. The molecule has 212 valence electrons. The summed E-state index contributed by atoms with van der Waals surface area (Å²) in [5.41, 5.74) is 0. The summed E-state index contributed by atoms with van der Waals surface area (Å²) in [5.74, 6) is 1.60. The molecule has 36 heavy (non-hydrogen) atoms. The van der Waals surface area contributed by atoms with E-state index in [0.29, 0.717) is 0 Å². The van der Waals surface area contributed by atoms with Crippen LogP contribution in [0.2, 0.25) is 0 Å². The van der Waals surface area contributed by atoms with Crippen molar-refractivity contribution >= 4 is 0 Å². The van der Waals surface area contributed by atoms with Crippen LogP contribution in [0.15, 0.2) is 12.4 Å². The van der Waals surface area contributed by atoms with Crippen LogP contribution in [0.5, 0.6) is 0 Å². The highest BCUT2D eigenvalue weighted by Crippen LogP contribution is 2.14. The van der Waals surface area contributed by atoms with Crippen LogP contribution in [0.1, 0.15) is 187 Å². The molecule has 1 rings (SSSR count). The fourth-order valence-electron chi connectivity index (χ4n) is 5.59. The number of unbranched alkanes of at least 4 members (excludes halogenated alkanes) is 22. The van der Waals surface area contributed by atoms with Crippen molar-refractivity contribution < 1.29 is 4.57 Å². The topological polar surface area (TPSA) is 8.81 Å². The van der Waals surface area contributed by atoms with Crippen molar-refractivity contribution in [3.8, 4) is 0 Å². The minimum atomic E-state index is 1.20. The molecule has 0 saturated heterocycles. The van der Waals surface area contributed by atoms with E-state index in [1.807, 2.05) is 0 Å². The van der Waals surface area contributed by atoms with Crippen LogP contribution in [-0.4, -0.2) is 4.57 Å². The Balaban J connectivity index is 2.11. The first-order chi connectivity index (χ1) is 17.8. The zero-order chi connectivity index (χ0) is 25.9. The number of rotatable bonds is 28. The maximum Gasteiger partial charge on any atom is 0.256 e. The van der Waals surface area contributed by atoms with Crippen molar-refractivity contribution in [2.24, 2.45) is 0 Å². The van der Waals surface area contributed by atoms with Crippen molar-refractivity contribution in [1.29, 1.82) is 0 Å². The lowest BCUT2D eigenvalue weighted by molar-refractivity contribution is -0.704. The fraction of sp³-hybridized carbons (Fsp3) is 0.912. The maximum atomic E-state index is 2.60.